The van der Waals surface area contributed by atoms with Gasteiger partial charge in [-0.3, -0.25) is 4.79 Å². The molecule has 152 valence electrons. The zero-order chi connectivity index (χ0) is 21.3. The third-order valence-corrected chi connectivity index (χ3v) is 4.62. The van der Waals surface area contributed by atoms with E-state index in [0.717, 1.165) is 0 Å². The Kier molecular flexibility index (Phi) is 5.05. The van der Waals surface area contributed by atoms with E-state index in [1.807, 2.05) is 0 Å². The number of aromatic nitrogens is 2. The number of aryl methyl sites for hydroxylation is 1. The fourth-order valence-electron chi connectivity index (χ4n) is 3.16. The summed E-state index contributed by atoms with van der Waals surface area (Å²) in [7, 11) is 3.04. The van der Waals surface area contributed by atoms with Crippen LogP contribution in [0.3, 0.4) is 0 Å². The molecule has 2 aromatic heterocycles. The number of nitrogens with one attached hydrogen (secondary N) is 1. The Hall–Kier alpha value is -3.94. The molecule has 0 fully saturated rings. The zero-order valence-electron chi connectivity index (χ0n) is 16.5. The van der Waals surface area contributed by atoms with E-state index < -0.39 is 11.7 Å². The maximum absolute atomic E-state index is 14.3. The van der Waals surface area contributed by atoms with Gasteiger partial charge in [-0.15, -0.1) is 0 Å². The summed E-state index contributed by atoms with van der Waals surface area (Å²) in [5.74, 6) is 0.168. The summed E-state index contributed by atoms with van der Waals surface area (Å²) in [5.41, 5.74) is 1.92. The number of anilines is 1. The van der Waals surface area contributed by atoms with Crippen molar-refractivity contribution in [3.63, 3.8) is 0 Å². The highest BCUT2D eigenvalue weighted by atomic mass is 19.1. The van der Waals surface area contributed by atoms with Gasteiger partial charge in [-0.25, -0.2) is 9.37 Å². The largest absolute Gasteiger partial charge is 0.497 e. The SMILES string of the molecule is COc1cc(NC(=O)c2cc(-c3ccccc3F)nc3onc(C)c23)cc(OC)c1. The first-order valence-corrected chi connectivity index (χ1v) is 9.06. The van der Waals surface area contributed by atoms with E-state index in [-0.39, 0.29) is 22.5 Å². The summed E-state index contributed by atoms with van der Waals surface area (Å²) in [4.78, 5) is 17.5. The zero-order valence-corrected chi connectivity index (χ0v) is 16.5. The molecule has 0 saturated carbocycles. The summed E-state index contributed by atoms with van der Waals surface area (Å²) >= 11 is 0. The van der Waals surface area contributed by atoms with Gasteiger partial charge in [0.2, 0.25) is 0 Å². The Labute approximate surface area is 171 Å². The number of hydrogen-bond acceptors (Lipinski definition) is 6. The molecule has 0 unspecified atom stereocenters. The molecule has 30 heavy (non-hydrogen) atoms. The maximum atomic E-state index is 14.3. The lowest BCUT2D eigenvalue weighted by Crippen LogP contribution is -2.13. The van der Waals surface area contributed by atoms with Crippen molar-refractivity contribution in [1.82, 2.24) is 10.1 Å². The highest BCUT2D eigenvalue weighted by Crippen LogP contribution is 2.30. The number of carbonyl (C=O) groups is 1. The van der Waals surface area contributed by atoms with Crippen molar-refractivity contribution in [2.45, 2.75) is 6.92 Å². The molecular weight excluding hydrogens is 389 g/mol. The molecule has 4 rings (SSSR count). The maximum Gasteiger partial charge on any atom is 0.259 e. The average molecular weight is 407 g/mol. The highest BCUT2D eigenvalue weighted by molar-refractivity contribution is 6.13. The predicted octanol–water partition coefficient (Wildman–Crippen LogP) is 4.61. The molecule has 1 N–H and O–H groups in total. The topological polar surface area (TPSA) is 86.5 Å². The highest BCUT2D eigenvalue weighted by Gasteiger charge is 2.21. The van der Waals surface area contributed by atoms with Crippen LogP contribution in [0.1, 0.15) is 16.1 Å². The molecule has 1 amide bonds. The summed E-state index contributed by atoms with van der Waals surface area (Å²) in [6, 6.07) is 12.7. The van der Waals surface area contributed by atoms with Gasteiger partial charge in [0.15, 0.2) is 0 Å². The first-order chi connectivity index (χ1) is 14.5. The van der Waals surface area contributed by atoms with Gasteiger partial charge in [0.25, 0.3) is 11.6 Å². The van der Waals surface area contributed by atoms with Gasteiger partial charge in [-0.05, 0) is 25.1 Å². The van der Waals surface area contributed by atoms with Gasteiger partial charge in [-0.1, -0.05) is 17.3 Å². The number of halogens is 1. The molecule has 2 heterocycles. The van der Waals surface area contributed by atoms with Crippen molar-refractivity contribution >= 4 is 22.7 Å². The van der Waals surface area contributed by atoms with Crippen molar-refractivity contribution in [2.75, 3.05) is 19.5 Å². The summed E-state index contributed by atoms with van der Waals surface area (Å²) in [6.45, 7) is 1.71. The number of hydrogen-bond donors (Lipinski definition) is 1. The average Bonchev–Trinajstić information content (AvgIpc) is 3.13. The van der Waals surface area contributed by atoms with Crippen molar-refractivity contribution in [3.8, 4) is 22.8 Å². The lowest BCUT2D eigenvalue weighted by Gasteiger charge is -2.11. The van der Waals surface area contributed by atoms with E-state index in [1.54, 1.807) is 43.3 Å². The van der Waals surface area contributed by atoms with Crippen molar-refractivity contribution in [3.05, 3.63) is 65.6 Å². The molecule has 4 aromatic rings. The van der Waals surface area contributed by atoms with Crippen LogP contribution in [0.25, 0.3) is 22.4 Å². The second-order valence-corrected chi connectivity index (χ2v) is 6.54. The van der Waals surface area contributed by atoms with Crippen LogP contribution in [0.2, 0.25) is 0 Å². The van der Waals surface area contributed by atoms with E-state index in [9.17, 15) is 9.18 Å². The minimum atomic E-state index is -0.454. The third kappa shape index (κ3) is 3.55. The van der Waals surface area contributed by atoms with Crippen LogP contribution in [0.4, 0.5) is 10.1 Å². The van der Waals surface area contributed by atoms with Crippen LogP contribution < -0.4 is 14.8 Å². The summed E-state index contributed by atoms with van der Waals surface area (Å²) < 4.78 is 30.1. The minimum Gasteiger partial charge on any atom is -0.497 e. The second kappa shape index (κ2) is 7.82. The molecule has 0 radical (unpaired) electrons. The molecule has 0 spiro atoms. The quantitative estimate of drug-likeness (QED) is 0.520. The summed E-state index contributed by atoms with van der Waals surface area (Å²) in [5, 5.41) is 7.19. The van der Waals surface area contributed by atoms with Gasteiger partial charge in [0, 0.05) is 29.4 Å². The van der Waals surface area contributed by atoms with E-state index in [4.69, 9.17) is 14.0 Å². The van der Waals surface area contributed by atoms with Gasteiger partial charge in [0.05, 0.1) is 36.6 Å². The van der Waals surface area contributed by atoms with Crippen LogP contribution in [-0.4, -0.2) is 30.3 Å². The Balaban J connectivity index is 1.81. The lowest BCUT2D eigenvalue weighted by molar-refractivity contribution is 0.102. The lowest BCUT2D eigenvalue weighted by atomic mass is 10.0. The number of rotatable bonds is 5. The van der Waals surface area contributed by atoms with Crippen LogP contribution in [0.5, 0.6) is 11.5 Å². The molecule has 2 aromatic carbocycles. The molecule has 0 aliphatic rings. The van der Waals surface area contributed by atoms with E-state index in [2.05, 4.69) is 15.5 Å². The smallest absolute Gasteiger partial charge is 0.259 e. The van der Waals surface area contributed by atoms with Crippen molar-refractivity contribution < 1.29 is 23.2 Å². The Bertz CT molecular complexity index is 1230. The Morgan fingerprint density at radius 3 is 2.43 bits per heavy atom. The molecule has 0 aliphatic heterocycles. The monoisotopic (exact) mass is 407 g/mol. The second-order valence-electron chi connectivity index (χ2n) is 6.54. The van der Waals surface area contributed by atoms with E-state index in [1.165, 1.54) is 26.4 Å². The Morgan fingerprint density at radius 1 is 1.07 bits per heavy atom. The molecule has 0 saturated heterocycles. The first-order valence-electron chi connectivity index (χ1n) is 9.06. The molecule has 0 bridgehead atoms. The summed E-state index contributed by atoms with van der Waals surface area (Å²) in [6.07, 6.45) is 0. The fourth-order valence-corrected chi connectivity index (χ4v) is 3.16. The van der Waals surface area contributed by atoms with Crippen LogP contribution in [-0.2, 0) is 0 Å². The number of methoxy groups -OCH3 is 2. The van der Waals surface area contributed by atoms with Gasteiger partial charge in [0.1, 0.15) is 17.3 Å². The molecular formula is C22H18FN3O4. The van der Waals surface area contributed by atoms with Crippen LogP contribution in [0, 0.1) is 12.7 Å². The predicted molar refractivity (Wildman–Crippen MR) is 109 cm³/mol. The number of benzene rings is 2. The third-order valence-electron chi connectivity index (χ3n) is 4.62. The van der Waals surface area contributed by atoms with E-state index >= 15 is 0 Å². The first kappa shape index (κ1) is 19.4. The van der Waals surface area contributed by atoms with Crippen LogP contribution >= 0.6 is 0 Å². The van der Waals surface area contributed by atoms with Crippen LogP contribution in [0.15, 0.2) is 53.1 Å². The number of amides is 1. The number of nitrogens with zero attached hydrogens (tertiary/aromatic N) is 2. The molecule has 0 aliphatic carbocycles. The fraction of sp³-hybridized carbons (Fsp3) is 0.136. The minimum absolute atomic E-state index is 0.154. The van der Waals surface area contributed by atoms with Gasteiger partial charge >= 0.3 is 0 Å². The normalized spacial score (nSPS) is 10.8. The van der Waals surface area contributed by atoms with E-state index in [0.29, 0.717) is 28.3 Å². The molecule has 0 atom stereocenters. The Morgan fingerprint density at radius 2 is 1.77 bits per heavy atom. The number of pyridine rings is 1. The number of carbonyl (C=O) groups excluding carboxylic acids is 1. The number of fused-ring (bicyclic) bond motifs is 1. The van der Waals surface area contributed by atoms with Gasteiger partial charge < -0.3 is 19.3 Å². The molecule has 7 nitrogen and oxygen atoms in total. The molecule has 8 heteroatoms. The number of ether oxygens (including phenoxy) is 2. The standard InChI is InChI=1S/C22H18FN3O4/c1-12-20-17(21(27)24-13-8-14(28-2)10-15(9-13)29-3)11-19(25-22(20)30-26-12)16-6-4-5-7-18(16)23/h4-11H,1-3H3,(H,24,27). The van der Waals surface area contributed by atoms with Crippen molar-refractivity contribution in [2.24, 2.45) is 0 Å². The van der Waals surface area contributed by atoms with Crippen molar-refractivity contribution in [1.29, 1.82) is 0 Å². The van der Waals surface area contributed by atoms with Gasteiger partial charge in [-0.2, -0.15) is 0 Å².